The number of pyridine rings is 2. The molecule has 0 amide bonds. The van der Waals surface area contributed by atoms with E-state index in [9.17, 15) is 0 Å². The topological polar surface area (TPSA) is 90.9 Å². The molecule has 2 aromatic heterocycles. The molecule has 2 heterocycles. The van der Waals surface area contributed by atoms with Crippen LogP contribution in [-0.4, -0.2) is 21.4 Å². The van der Waals surface area contributed by atoms with Gasteiger partial charge in [-0.05, 0) is 29.3 Å². The highest BCUT2D eigenvalue weighted by molar-refractivity contribution is 5.35. The second-order valence-corrected chi connectivity index (χ2v) is 4.67. The molecule has 2 rings (SSSR count). The molecule has 108 valence electrons. The van der Waals surface area contributed by atoms with Crippen LogP contribution in [0.3, 0.4) is 0 Å². The Labute approximate surface area is 124 Å². The molecule has 0 aliphatic heterocycles. The number of rotatable bonds is 7. The first-order chi connectivity index (χ1) is 10.3. The monoisotopic (exact) mass is 282 g/mol. The molecule has 21 heavy (non-hydrogen) atoms. The minimum absolute atomic E-state index is 0.493. The van der Waals surface area contributed by atoms with Crippen LogP contribution in [0.2, 0.25) is 0 Å². The Hall–Kier alpha value is -2.49. The van der Waals surface area contributed by atoms with Crippen molar-refractivity contribution in [2.75, 3.05) is 12.0 Å². The van der Waals surface area contributed by atoms with Gasteiger partial charge in [-0.3, -0.25) is 9.88 Å². The molecular formula is C15H18N6. The number of nitrogens with zero attached hydrogens (tertiary/aromatic N) is 4. The smallest absolute Gasteiger partial charge is 0.140 e. The Morgan fingerprint density at radius 3 is 2.81 bits per heavy atom. The van der Waals surface area contributed by atoms with Gasteiger partial charge >= 0.3 is 0 Å². The van der Waals surface area contributed by atoms with E-state index in [1.165, 1.54) is 0 Å². The maximum absolute atomic E-state index is 8.80. The largest absolute Gasteiger partial charge is 0.308 e. The fourth-order valence-electron chi connectivity index (χ4n) is 2.08. The number of nitrogens with one attached hydrogen (secondary N) is 1. The van der Waals surface area contributed by atoms with E-state index in [4.69, 9.17) is 11.1 Å². The second-order valence-electron chi connectivity index (χ2n) is 4.67. The van der Waals surface area contributed by atoms with Gasteiger partial charge in [0.25, 0.3) is 0 Å². The molecule has 3 N–H and O–H groups in total. The van der Waals surface area contributed by atoms with Crippen molar-refractivity contribution in [3.8, 4) is 6.07 Å². The van der Waals surface area contributed by atoms with Crippen molar-refractivity contribution >= 4 is 5.82 Å². The molecule has 0 unspecified atom stereocenters. The number of hydrogen-bond donors (Lipinski definition) is 2. The van der Waals surface area contributed by atoms with Gasteiger partial charge in [-0.1, -0.05) is 6.07 Å². The summed E-state index contributed by atoms with van der Waals surface area (Å²) < 4.78 is 0. The minimum atomic E-state index is 0.493. The standard InChI is InChI=1S/C15H18N6/c16-5-2-8-21(12-14-3-1-6-18-10-14)11-13-4-7-19-15(9-13)20-17/h1,3-4,6-7,9-10H,2,8,11-12,17H2,(H,19,20). The molecule has 0 spiro atoms. The van der Waals surface area contributed by atoms with Gasteiger partial charge in [-0.25, -0.2) is 10.8 Å². The van der Waals surface area contributed by atoms with Crippen LogP contribution in [0.4, 0.5) is 5.82 Å². The molecular weight excluding hydrogens is 264 g/mol. The van der Waals surface area contributed by atoms with Crippen molar-refractivity contribution in [2.45, 2.75) is 19.5 Å². The summed E-state index contributed by atoms with van der Waals surface area (Å²) in [5, 5.41) is 8.80. The first kappa shape index (κ1) is 14.9. The van der Waals surface area contributed by atoms with Crippen LogP contribution >= 0.6 is 0 Å². The number of anilines is 1. The normalized spacial score (nSPS) is 10.3. The number of nitrogen functional groups attached to an aromatic ring is 1. The molecule has 0 radical (unpaired) electrons. The summed E-state index contributed by atoms with van der Waals surface area (Å²) in [4.78, 5) is 10.4. The quantitative estimate of drug-likeness (QED) is 0.593. The van der Waals surface area contributed by atoms with Gasteiger partial charge in [0.2, 0.25) is 0 Å². The molecule has 6 heteroatoms. The predicted molar refractivity (Wildman–Crippen MR) is 80.6 cm³/mol. The molecule has 6 nitrogen and oxygen atoms in total. The van der Waals surface area contributed by atoms with Crippen molar-refractivity contribution in [3.05, 3.63) is 54.0 Å². The number of hydrogen-bond acceptors (Lipinski definition) is 6. The third kappa shape index (κ3) is 4.84. The lowest BCUT2D eigenvalue weighted by molar-refractivity contribution is 0.262. The highest BCUT2D eigenvalue weighted by atomic mass is 15.2. The Kier molecular flexibility index (Phi) is 5.64. The van der Waals surface area contributed by atoms with E-state index in [1.54, 1.807) is 12.4 Å². The Balaban J connectivity index is 2.06. The lowest BCUT2D eigenvalue weighted by Gasteiger charge is -2.21. The molecule has 0 saturated heterocycles. The van der Waals surface area contributed by atoms with E-state index in [0.29, 0.717) is 18.8 Å². The summed E-state index contributed by atoms with van der Waals surface area (Å²) in [5.41, 5.74) is 4.77. The van der Waals surface area contributed by atoms with Crippen LogP contribution < -0.4 is 11.3 Å². The van der Waals surface area contributed by atoms with Gasteiger partial charge in [0.1, 0.15) is 5.82 Å². The summed E-state index contributed by atoms with van der Waals surface area (Å²) in [7, 11) is 0. The summed E-state index contributed by atoms with van der Waals surface area (Å²) in [6.07, 6.45) is 5.81. The van der Waals surface area contributed by atoms with Crippen LogP contribution in [0.25, 0.3) is 0 Å². The minimum Gasteiger partial charge on any atom is -0.308 e. The Morgan fingerprint density at radius 2 is 2.10 bits per heavy atom. The third-order valence-corrected chi connectivity index (χ3v) is 3.05. The fourth-order valence-corrected chi connectivity index (χ4v) is 2.08. The van der Waals surface area contributed by atoms with Gasteiger partial charge in [-0.2, -0.15) is 5.26 Å². The summed E-state index contributed by atoms with van der Waals surface area (Å²) in [6, 6.07) is 9.99. The van der Waals surface area contributed by atoms with Crippen LogP contribution in [0.1, 0.15) is 17.5 Å². The highest BCUT2D eigenvalue weighted by Gasteiger charge is 2.08. The lowest BCUT2D eigenvalue weighted by atomic mass is 10.2. The molecule has 0 aromatic carbocycles. The van der Waals surface area contributed by atoms with Gasteiger partial charge in [0.05, 0.1) is 6.07 Å². The zero-order chi connectivity index (χ0) is 14.9. The van der Waals surface area contributed by atoms with Crippen LogP contribution in [0.5, 0.6) is 0 Å². The van der Waals surface area contributed by atoms with Crippen molar-refractivity contribution in [3.63, 3.8) is 0 Å². The van der Waals surface area contributed by atoms with E-state index < -0.39 is 0 Å². The maximum Gasteiger partial charge on any atom is 0.140 e. The SMILES string of the molecule is N#CCCN(Cc1cccnc1)Cc1ccnc(NN)c1. The van der Waals surface area contributed by atoms with Gasteiger partial charge in [0.15, 0.2) is 0 Å². The molecule has 0 bridgehead atoms. The van der Waals surface area contributed by atoms with E-state index in [2.05, 4.69) is 26.4 Å². The van der Waals surface area contributed by atoms with Crippen molar-refractivity contribution in [1.29, 1.82) is 5.26 Å². The number of hydrazine groups is 1. The van der Waals surface area contributed by atoms with Crippen molar-refractivity contribution in [2.24, 2.45) is 5.84 Å². The maximum atomic E-state index is 8.80. The van der Waals surface area contributed by atoms with Crippen molar-refractivity contribution < 1.29 is 0 Å². The average molecular weight is 282 g/mol. The van der Waals surface area contributed by atoms with E-state index in [-0.39, 0.29) is 0 Å². The van der Waals surface area contributed by atoms with E-state index in [0.717, 1.165) is 24.2 Å². The second kappa shape index (κ2) is 7.94. The zero-order valence-electron chi connectivity index (χ0n) is 11.7. The zero-order valence-corrected chi connectivity index (χ0v) is 11.7. The van der Waals surface area contributed by atoms with Gasteiger partial charge in [0, 0.05) is 44.6 Å². The molecule has 0 saturated carbocycles. The summed E-state index contributed by atoms with van der Waals surface area (Å²) >= 11 is 0. The Morgan fingerprint density at radius 1 is 1.24 bits per heavy atom. The molecule has 0 aliphatic rings. The molecule has 0 aliphatic carbocycles. The van der Waals surface area contributed by atoms with E-state index >= 15 is 0 Å². The third-order valence-electron chi connectivity index (χ3n) is 3.05. The lowest BCUT2D eigenvalue weighted by Crippen LogP contribution is -2.24. The number of nitrogens with two attached hydrogens (primary N) is 1. The summed E-state index contributed by atoms with van der Waals surface area (Å²) in [5.74, 6) is 6.01. The predicted octanol–water partition coefficient (Wildman–Crippen LogP) is 1.68. The highest BCUT2D eigenvalue weighted by Crippen LogP contribution is 2.12. The molecule has 0 atom stereocenters. The average Bonchev–Trinajstić information content (AvgIpc) is 2.54. The number of aromatic nitrogens is 2. The Bertz CT molecular complexity index is 593. The number of nitriles is 1. The molecule has 0 fully saturated rings. The van der Waals surface area contributed by atoms with Crippen molar-refractivity contribution in [1.82, 2.24) is 14.9 Å². The fraction of sp³-hybridized carbons (Fsp3) is 0.267. The van der Waals surface area contributed by atoms with Crippen LogP contribution in [-0.2, 0) is 13.1 Å². The summed E-state index contributed by atoms with van der Waals surface area (Å²) in [6.45, 7) is 2.19. The van der Waals surface area contributed by atoms with Crippen LogP contribution in [0.15, 0.2) is 42.9 Å². The first-order valence-corrected chi connectivity index (χ1v) is 6.71. The molecule has 2 aromatic rings. The van der Waals surface area contributed by atoms with Gasteiger partial charge < -0.3 is 5.43 Å². The first-order valence-electron chi connectivity index (χ1n) is 6.71. The van der Waals surface area contributed by atoms with Gasteiger partial charge in [-0.15, -0.1) is 0 Å². The van der Waals surface area contributed by atoms with E-state index in [1.807, 2.05) is 30.5 Å². The van der Waals surface area contributed by atoms with Crippen LogP contribution in [0, 0.1) is 11.3 Å².